The molecular weight excluding hydrogens is 294 g/mol. The Morgan fingerprint density at radius 1 is 1.13 bits per heavy atom. The number of anilines is 1. The zero-order chi connectivity index (χ0) is 16.4. The van der Waals surface area contributed by atoms with Gasteiger partial charge >= 0.3 is 0 Å². The molecule has 0 fully saturated rings. The van der Waals surface area contributed by atoms with Crippen LogP contribution in [0.3, 0.4) is 0 Å². The number of rotatable bonds is 2. The molecule has 0 amide bonds. The largest absolute Gasteiger partial charge is 0.384 e. The molecule has 0 saturated carbocycles. The van der Waals surface area contributed by atoms with E-state index in [0.29, 0.717) is 5.56 Å². The Morgan fingerprint density at radius 2 is 1.83 bits per heavy atom. The summed E-state index contributed by atoms with van der Waals surface area (Å²) in [6.07, 6.45) is 2.95. The molecule has 0 aliphatic heterocycles. The highest BCUT2D eigenvalue weighted by Gasteiger charge is 2.18. The molecule has 23 heavy (non-hydrogen) atoms. The fourth-order valence-electron chi connectivity index (χ4n) is 2.25. The van der Waals surface area contributed by atoms with Gasteiger partial charge in [-0.2, -0.15) is 15.6 Å². The van der Waals surface area contributed by atoms with E-state index in [1.165, 1.54) is 6.33 Å². The summed E-state index contributed by atoms with van der Waals surface area (Å²) >= 11 is 0. The Bertz CT molecular complexity index is 1000. The molecule has 0 atom stereocenters. The van der Waals surface area contributed by atoms with E-state index in [4.69, 9.17) is 5.73 Å². The molecule has 3 N–H and O–H groups in total. The van der Waals surface area contributed by atoms with Crippen LogP contribution < -0.4 is 11.3 Å². The van der Waals surface area contributed by atoms with Gasteiger partial charge in [-0.05, 0) is 17.7 Å². The SMILES string of the molecule is N#Cc1c(N)[nH]c(=O)c(C#N)c1-c1ccc(-n2cncn2)cc1. The first kappa shape index (κ1) is 14.0. The fraction of sp³-hybridized carbons (Fsp3) is 0. The molecule has 2 heterocycles. The number of nitrogens with zero attached hydrogens (tertiary/aromatic N) is 5. The van der Waals surface area contributed by atoms with Crippen molar-refractivity contribution >= 4 is 5.82 Å². The van der Waals surface area contributed by atoms with Crippen LogP contribution in [0, 0.1) is 22.7 Å². The van der Waals surface area contributed by atoms with Gasteiger partial charge in [0.05, 0.1) is 5.69 Å². The molecule has 0 spiro atoms. The molecule has 8 heteroatoms. The van der Waals surface area contributed by atoms with Gasteiger partial charge in [-0.15, -0.1) is 0 Å². The summed E-state index contributed by atoms with van der Waals surface area (Å²) in [7, 11) is 0. The number of aromatic amines is 1. The lowest BCUT2D eigenvalue weighted by Gasteiger charge is -2.09. The molecular formula is C15H9N7O. The van der Waals surface area contributed by atoms with Gasteiger partial charge < -0.3 is 10.7 Å². The normalized spacial score (nSPS) is 10.0. The van der Waals surface area contributed by atoms with Crippen molar-refractivity contribution in [2.75, 3.05) is 5.73 Å². The number of H-pyrrole nitrogens is 1. The number of nitrogen functional groups attached to an aromatic ring is 1. The Morgan fingerprint density at radius 3 is 2.39 bits per heavy atom. The topological polar surface area (TPSA) is 137 Å². The smallest absolute Gasteiger partial charge is 0.268 e. The standard InChI is InChI=1S/C15H9N7O/c16-5-11-13(12(6-17)15(23)21-14(11)18)9-1-3-10(4-2-9)22-8-19-7-20-22/h1-4,7-8H,(H3,18,21,23). The van der Waals surface area contributed by atoms with Gasteiger partial charge in [0, 0.05) is 5.56 Å². The molecule has 3 aromatic rings. The highest BCUT2D eigenvalue weighted by Crippen LogP contribution is 2.28. The van der Waals surface area contributed by atoms with Crippen LogP contribution in [-0.4, -0.2) is 19.7 Å². The molecule has 0 aliphatic rings. The fourth-order valence-corrected chi connectivity index (χ4v) is 2.25. The van der Waals surface area contributed by atoms with Crippen molar-refractivity contribution in [2.24, 2.45) is 0 Å². The third-order valence-corrected chi connectivity index (χ3v) is 3.31. The van der Waals surface area contributed by atoms with Gasteiger partial charge in [-0.25, -0.2) is 9.67 Å². The minimum absolute atomic E-state index is 0.0631. The Labute approximate surface area is 130 Å². The number of aromatic nitrogens is 4. The Balaban J connectivity index is 2.21. The van der Waals surface area contributed by atoms with Crippen LogP contribution in [0.2, 0.25) is 0 Å². The van der Waals surface area contributed by atoms with Crippen molar-refractivity contribution in [1.29, 1.82) is 10.5 Å². The number of nitrogens with two attached hydrogens (primary N) is 1. The first-order chi connectivity index (χ1) is 11.2. The molecule has 0 radical (unpaired) electrons. The first-order valence-electron chi connectivity index (χ1n) is 6.47. The second-order valence-corrected chi connectivity index (χ2v) is 4.60. The van der Waals surface area contributed by atoms with Crippen molar-refractivity contribution in [1.82, 2.24) is 19.7 Å². The van der Waals surface area contributed by atoms with E-state index in [1.807, 2.05) is 12.1 Å². The molecule has 8 nitrogen and oxygen atoms in total. The quantitative estimate of drug-likeness (QED) is 0.722. The van der Waals surface area contributed by atoms with E-state index >= 15 is 0 Å². The second-order valence-electron chi connectivity index (χ2n) is 4.60. The van der Waals surface area contributed by atoms with Gasteiger partial charge in [0.15, 0.2) is 0 Å². The molecule has 0 bridgehead atoms. The third kappa shape index (κ3) is 2.30. The molecule has 3 rings (SSSR count). The number of nitrogens with one attached hydrogen (secondary N) is 1. The van der Waals surface area contributed by atoms with Crippen LogP contribution in [0.4, 0.5) is 5.82 Å². The minimum atomic E-state index is -0.626. The first-order valence-corrected chi connectivity index (χ1v) is 6.47. The van der Waals surface area contributed by atoms with Crippen molar-refractivity contribution in [3.05, 3.63) is 58.4 Å². The van der Waals surface area contributed by atoms with Gasteiger partial charge in [0.25, 0.3) is 5.56 Å². The molecule has 110 valence electrons. The average molecular weight is 303 g/mol. The third-order valence-electron chi connectivity index (χ3n) is 3.31. The van der Waals surface area contributed by atoms with Crippen molar-refractivity contribution in [3.63, 3.8) is 0 Å². The van der Waals surface area contributed by atoms with Crippen molar-refractivity contribution in [2.45, 2.75) is 0 Å². The molecule has 0 aliphatic carbocycles. The van der Waals surface area contributed by atoms with E-state index < -0.39 is 5.56 Å². The van der Waals surface area contributed by atoms with E-state index in [1.54, 1.807) is 35.3 Å². The predicted octanol–water partition coefficient (Wildman–Crippen LogP) is 0.948. The predicted molar refractivity (Wildman–Crippen MR) is 81.3 cm³/mol. The highest BCUT2D eigenvalue weighted by molar-refractivity contribution is 5.80. The number of nitriles is 2. The van der Waals surface area contributed by atoms with Crippen LogP contribution in [0.1, 0.15) is 11.1 Å². The zero-order valence-electron chi connectivity index (χ0n) is 11.7. The second kappa shape index (κ2) is 5.47. The lowest BCUT2D eigenvalue weighted by atomic mass is 9.96. The number of hydrogen-bond acceptors (Lipinski definition) is 6. The summed E-state index contributed by atoms with van der Waals surface area (Å²) in [4.78, 5) is 18.1. The molecule has 1 aromatic carbocycles. The molecule has 2 aromatic heterocycles. The maximum atomic E-state index is 11.9. The van der Waals surface area contributed by atoms with Crippen LogP contribution in [0.5, 0.6) is 0 Å². The Hall–Kier alpha value is -3.91. The summed E-state index contributed by atoms with van der Waals surface area (Å²) in [5, 5.41) is 22.5. The van der Waals surface area contributed by atoms with Crippen LogP contribution in [0.25, 0.3) is 16.8 Å². The lowest BCUT2D eigenvalue weighted by Crippen LogP contribution is -2.16. The Kier molecular flexibility index (Phi) is 3.34. The van der Waals surface area contributed by atoms with Crippen molar-refractivity contribution in [3.8, 4) is 29.0 Å². The number of hydrogen-bond donors (Lipinski definition) is 2. The van der Waals surface area contributed by atoms with Crippen LogP contribution >= 0.6 is 0 Å². The monoisotopic (exact) mass is 303 g/mol. The molecule has 0 saturated heterocycles. The zero-order valence-corrected chi connectivity index (χ0v) is 11.7. The maximum absolute atomic E-state index is 11.9. The molecule has 0 unspecified atom stereocenters. The summed E-state index contributed by atoms with van der Waals surface area (Å²) in [5.74, 6) is -0.0631. The maximum Gasteiger partial charge on any atom is 0.268 e. The van der Waals surface area contributed by atoms with Crippen LogP contribution in [0.15, 0.2) is 41.7 Å². The highest BCUT2D eigenvalue weighted by atomic mass is 16.1. The van der Waals surface area contributed by atoms with E-state index in [-0.39, 0.29) is 22.5 Å². The summed E-state index contributed by atoms with van der Waals surface area (Å²) in [6.45, 7) is 0. The number of pyridine rings is 1. The van der Waals surface area contributed by atoms with E-state index in [2.05, 4.69) is 15.1 Å². The van der Waals surface area contributed by atoms with Crippen LogP contribution in [-0.2, 0) is 0 Å². The summed E-state index contributed by atoms with van der Waals surface area (Å²) in [5.41, 5.74) is 6.50. The van der Waals surface area contributed by atoms with Gasteiger partial charge in [0.1, 0.15) is 41.7 Å². The van der Waals surface area contributed by atoms with Gasteiger partial charge in [-0.1, -0.05) is 12.1 Å². The van der Waals surface area contributed by atoms with Crippen molar-refractivity contribution < 1.29 is 0 Å². The summed E-state index contributed by atoms with van der Waals surface area (Å²) in [6, 6.07) is 10.6. The summed E-state index contributed by atoms with van der Waals surface area (Å²) < 4.78 is 1.56. The number of benzene rings is 1. The van der Waals surface area contributed by atoms with E-state index in [9.17, 15) is 15.3 Å². The lowest BCUT2D eigenvalue weighted by molar-refractivity contribution is 0.879. The average Bonchev–Trinajstić information content (AvgIpc) is 3.09. The van der Waals surface area contributed by atoms with Gasteiger partial charge in [0.2, 0.25) is 0 Å². The van der Waals surface area contributed by atoms with E-state index in [0.717, 1.165) is 5.69 Å². The minimum Gasteiger partial charge on any atom is -0.384 e. The van der Waals surface area contributed by atoms with Gasteiger partial charge in [-0.3, -0.25) is 4.79 Å².